The number of ketones is 1. The van der Waals surface area contributed by atoms with Gasteiger partial charge in [-0.15, -0.1) is 0 Å². The first kappa shape index (κ1) is 15.6. The lowest BCUT2D eigenvalue weighted by Crippen LogP contribution is -2.17. The van der Waals surface area contributed by atoms with Gasteiger partial charge in [-0.1, -0.05) is 0 Å². The molecule has 1 aliphatic heterocycles. The van der Waals surface area contributed by atoms with Crippen LogP contribution in [0, 0.1) is 5.92 Å². The Morgan fingerprint density at radius 3 is 2.10 bits per heavy atom. The Hall–Kier alpha value is -1.76. The zero-order valence-corrected chi connectivity index (χ0v) is 13.0. The Bertz CT molecular complexity index is 650. The minimum atomic E-state index is -3.11. The summed E-state index contributed by atoms with van der Waals surface area (Å²) in [7, 11) is 1.29. The lowest BCUT2D eigenvalue weighted by molar-refractivity contribution is 0.0929. The van der Waals surface area contributed by atoms with E-state index in [0.717, 1.165) is 0 Å². The third-order valence-electron chi connectivity index (χ3n) is 3.57. The summed E-state index contributed by atoms with van der Waals surface area (Å²) < 4.78 is 38.6. The first-order chi connectivity index (χ1) is 9.91. The minimum absolute atomic E-state index is 0.0546. The molecule has 1 aromatic rings. The van der Waals surface area contributed by atoms with Crippen molar-refractivity contribution in [3.8, 4) is 17.2 Å². The zero-order valence-electron chi connectivity index (χ0n) is 12.2. The maximum Gasteiger partial charge on any atom is 0.170 e. The average Bonchev–Trinajstić information content (AvgIpc) is 2.85. The van der Waals surface area contributed by atoms with Gasteiger partial charge in [-0.3, -0.25) is 4.79 Å². The molecule has 21 heavy (non-hydrogen) atoms. The van der Waals surface area contributed by atoms with Crippen molar-refractivity contribution in [1.82, 2.24) is 0 Å². The predicted molar refractivity (Wildman–Crippen MR) is 77.2 cm³/mol. The monoisotopic (exact) mass is 314 g/mol. The molecule has 7 heteroatoms. The number of benzene rings is 1. The van der Waals surface area contributed by atoms with Gasteiger partial charge in [0.05, 0.1) is 38.4 Å². The molecule has 0 saturated carbocycles. The van der Waals surface area contributed by atoms with E-state index in [0.29, 0.717) is 29.2 Å². The number of hydrogen-bond acceptors (Lipinski definition) is 6. The van der Waals surface area contributed by atoms with E-state index in [1.165, 1.54) is 27.4 Å². The molecule has 1 fully saturated rings. The van der Waals surface area contributed by atoms with Gasteiger partial charge in [0.2, 0.25) is 0 Å². The lowest BCUT2D eigenvalue weighted by atomic mass is 9.96. The zero-order chi connectivity index (χ0) is 15.6. The van der Waals surface area contributed by atoms with Gasteiger partial charge >= 0.3 is 0 Å². The van der Waals surface area contributed by atoms with Gasteiger partial charge in [0.25, 0.3) is 0 Å². The van der Waals surface area contributed by atoms with Crippen molar-refractivity contribution in [3.05, 3.63) is 17.7 Å². The SMILES string of the molecule is COc1cc(OC)c(C(=O)C2CCS(=O)(=O)C2)cc1OC. The summed E-state index contributed by atoms with van der Waals surface area (Å²) in [5, 5.41) is 0. The first-order valence-electron chi connectivity index (χ1n) is 6.46. The Labute approximate surface area is 123 Å². The van der Waals surface area contributed by atoms with Crippen LogP contribution in [0.1, 0.15) is 16.8 Å². The fraction of sp³-hybridized carbons (Fsp3) is 0.500. The van der Waals surface area contributed by atoms with Crippen LogP contribution in [-0.2, 0) is 9.84 Å². The third kappa shape index (κ3) is 3.12. The van der Waals surface area contributed by atoms with E-state index in [1.807, 2.05) is 0 Å². The van der Waals surface area contributed by atoms with Gasteiger partial charge in [-0.05, 0) is 12.5 Å². The lowest BCUT2D eigenvalue weighted by Gasteiger charge is -2.15. The molecule has 116 valence electrons. The number of carbonyl (C=O) groups excluding carboxylic acids is 1. The summed E-state index contributed by atoms with van der Waals surface area (Å²) in [4.78, 5) is 12.5. The highest BCUT2D eigenvalue weighted by atomic mass is 32.2. The molecule has 1 heterocycles. The van der Waals surface area contributed by atoms with Crippen LogP contribution in [0.2, 0.25) is 0 Å². The molecule has 0 N–H and O–H groups in total. The van der Waals surface area contributed by atoms with Crippen molar-refractivity contribution in [2.24, 2.45) is 5.92 Å². The van der Waals surface area contributed by atoms with Crippen LogP contribution in [0.4, 0.5) is 0 Å². The van der Waals surface area contributed by atoms with Crippen molar-refractivity contribution in [1.29, 1.82) is 0 Å². The largest absolute Gasteiger partial charge is 0.496 e. The van der Waals surface area contributed by atoms with E-state index in [-0.39, 0.29) is 17.3 Å². The van der Waals surface area contributed by atoms with Crippen molar-refractivity contribution in [3.63, 3.8) is 0 Å². The molecule has 1 aliphatic rings. The average molecular weight is 314 g/mol. The predicted octanol–water partition coefficient (Wildman–Crippen LogP) is 1.33. The number of sulfone groups is 1. The van der Waals surface area contributed by atoms with Crippen LogP contribution in [0.5, 0.6) is 17.2 Å². The Morgan fingerprint density at radius 2 is 1.62 bits per heavy atom. The summed E-state index contributed by atoms with van der Waals surface area (Å²) in [6.45, 7) is 0. The van der Waals surface area contributed by atoms with Crippen LogP contribution < -0.4 is 14.2 Å². The molecule has 0 radical (unpaired) electrons. The normalized spacial score (nSPS) is 20.0. The van der Waals surface area contributed by atoms with Gasteiger partial charge < -0.3 is 14.2 Å². The van der Waals surface area contributed by atoms with Crippen molar-refractivity contribution < 1.29 is 27.4 Å². The molecule has 0 spiro atoms. The van der Waals surface area contributed by atoms with Gasteiger partial charge in [0.1, 0.15) is 5.75 Å². The van der Waals surface area contributed by atoms with E-state index < -0.39 is 15.8 Å². The van der Waals surface area contributed by atoms with Gasteiger partial charge in [0, 0.05) is 12.0 Å². The van der Waals surface area contributed by atoms with E-state index >= 15 is 0 Å². The molecule has 1 unspecified atom stereocenters. The molecule has 0 aliphatic carbocycles. The number of ether oxygens (including phenoxy) is 3. The standard InChI is InChI=1S/C14H18O6S/c1-18-11-7-13(20-3)12(19-2)6-10(11)14(15)9-4-5-21(16,17)8-9/h6-7,9H,4-5,8H2,1-3H3. The summed E-state index contributed by atoms with van der Waals surface area (Å²) in [6, 6.07) is 3.10. The number of rotatable bonds is 5. The molecule has 2 rings (SSSR count). The molecule has 1 atom stereocenters. The van der Waals surface area contributed by atoms with Gasteiger partial charge in [-0.2, -0.15) is 0 Å². The summed E-state index contributed by atoms with van der Waals surface area (Å²) in [6.07, 6.45) is 0.346. The second-order valence-corrected chi connectivity index (χ2v) is 7.10. The van der Waals surface area contributed by atoms with E-state index in [4.69, 9.17) is 14.2 Å². The number of carbonyl (C=O) groups is 1. The second kappa shape index (κ2) is 5.93. The molecule has 6 nitrogen and oxygen atoms in total. The Morgan fingerprint density at radius 1 is 1.05 bits per heavy atom. The fourth-order valence-electron chi connectivity index (χ4n) is 2.44. The van der Waals surface area contributed by atoms with Crippen molar-refractivity contribution in [2.75, 3.05) is 32.8 Å². The van der Waals surface area contributed by atoms with Crippen molar-refractivity contribution >= 4 is 15.6 Å². The second-order valence-electron chi connectivity index (χ2n) is 4.87. The van der Waals surface area contributed by atoms with E-state index in [2.05, 4.69) is 0 Å². The molecule has 1 aromatic carbocycles. The number of Topliss-reactive ketones (excluding diaryl/α,β-unsaturated/α-hetero) is 1. The van der Waals surface area contributed by atoms with Crippen LogP contribution >= 0.6 is 0 Å². The summed E-state index contributed by atoms with van der Waals surface area (Å²) in [5.74, 6) is 0.382. The number of hydrogen-bond donors (Lipinski definition) is 0. The van der Waals surface area contributed by atoms with Gasteiger partial charge in [-0.25, -0.2) is 8.42 Å². The third-order valence-corrected chi connectivity index (χ3v) is 5.34. The first-order valence-corrected chi connectivity index (χ1v) is 8.28. The topological polar surface area (TPSA) is 78.9 Å². The fourth-order valence-corrected chi connectivity index (χ4v) is 4.18. The molecular weight excluding hydrogens is 296 g/mol. The minimum Gasteiger partial charge on any atom is -0.496 e. The Kier molecular flexibility index (Phi) is 4.41. The molecular formula is C14H18O6S. The highest BCUT2D eigenvalue weighted by molar-refractivity contribution is 7.91. The Balaban J connectivity index is 2.40. The molecule has 0 bridgehead atoms. The molecule has 1 saturated heterocycles. The smallest absolute Gasteiger partial charge is 0.170 e. The summed E-state index contributed by atoms with van der Waals surface area (Å²) >= 11 is 0. The maximum absolute atomic E-state index is 12.5. The van der Waals surface area contributed by atoms with Crippen LogP contribution in [0.25, 0.3) is 0 Å². The highest BCUT2D eigenvalue weighted by Crippen LogP contribution is 2.36. The quantitative estimate of drug-likeness (QED) is 0.763. The van der Waals surface area contributed by atoms with Gasteiger partial charge in [0.15, 0.2) is 27.1 Å². The maximum atomic E-state index is 12.5. The molecule has 0 amide bonds. The van der Waals surface area contributed by atoms with E-state index in [9.17, 15) is 13.2 Å². The van der Waals surface area contributed by atoms with E-state index in [1.54, 1.807) is 6.07 Å². The highest BCUT2D eigenvalue weighted by Gasteiger charge is 2.35. The van der Waals surface area contributed by atoms with Crippen LogP contribution in [0.15, 0.2) is 12.1 Å². The van der Waals surface area contributed by atoms with Crippen molar-refractivity contribution in [2.45, 2.75) is 6.42 Å². The van der Waals surface area contributed by atoms with Crippen LogP contribution in [-0.4, -0.2) is 47.0 Å². The number of methoxy groups -OCH3 is 3. The summed E-state index contributed by atoms with van der Waals surface area (Å²) in [5.41, 5.74) is 0.317. The molecule has 0 aromatic heterocycles. The van der Waals surface area contributed by atoms with Crippen LogP contribution in [0.3, 0.4) is 0 Å².